The second-order valence-electron chi connectivity index (χ2n) is 9.29. The van der Waals surface area contributed by atoms with E-state index in [1.807, 2.05) is 24.8 Å². The molecular weight excluding hydrogens is 456 g/mol. The van der Waals surface area contributed by atoms with Crippen LogP contribution in [0.1, 0.15) is 77.3 Å². The Kier molecular flexibility index (Phi) is 7.62. The van der Waals surface area contributed by atoms with Crippen molar-refractivity contribution in [2.24, 2.45) is 0 Å². The van der Waals surface area contributed by atoms with Gasteiger partial charge in [-0.1, -0.05) is 19.8 Å². The van der Waals surface area contributed by atoms with E-state index in [1.54, 1.807) is 25.3 Å². The van der Waals surface area contributed by atoms with Crippen LogP contribution in [0.2, 0.25) is 0 Å². The summed E-state index contributed by atoms with van der Waals surface area (Å²) in [5, 5.41) is 11.3. The van der Waals surface area contributed by atoms with Crippen molar-refractivity contribution in [2.45, 2.75) is 59.4 Å². The number of likely N-dealkylation sites (tertiary alicyclic amines) is 1. The summed E-state index contributed by atoms with van der Waals surface area (Å²) in [6.45, 7) is 9.22. The number of furan rings is 1. The Morgan fingerprint density at radius 3 is 2.78 bits per heavy atom. The quantitative estimate of drug-likeness (QED) is 0.195. The number of rotatable bonds is 10. The molecule has 0 spiro atoms. The first kappa shape index (κ1) is 25.3. The van der Waals surface area contributed by atoms with Crippen LogP contribution in [-0.2, 0) is 0 Å². The Bertz CT molecular complexity index is 1320. The summed E-state index contributed by atoms with van der Waals surface area (Å²) in [5.74, 6) is 1.31. The molecule has 0 saturated carbocycles. The molecule has 0 radical (unpaired) electrons. The van der Waals surface area contributed by atoms with Gasteiger partial charge < -0.3 is 29.8 Å². The Balaban J connectivity index is 1.55. The lowest BCUT2D eigenvalue weighted by Crippen LogP contribution is -2.49. The number of nitrogens with one attached hydrogen (secondary N) is 3. The third-order valence-corrected chi connectivity index (χ3v) is 6.79. The van der Waals surface area contributed by atoms with E-state index in [1.165, 1.54) is 6.08 Å². The van der Waals surface area contributed by atoms with Crippen LogP contribution in [0.3, 0.4) is 0 Å². The predicted molar refractivity (Wildman–Crippen MR) is 141 cm³/mol. The third kappa shape index (κ3) is 4.94. The summed E-state index contributed by atoms with van der Waals surface area (Å²) in [6, 6.07) is 5.57. The topological polar surface area (TPSA) is 111 Å². The van der Waals surface area contributed by atoms with Crippen molar-refractivity contribution < 1.29 is 18.7 Å². The molecular formula is C28H34N4O4. The van der Waals surface area contributed by atoms with E-state index in [9.17, 15) is 9.59 Å². The Morgan fingerprint density at radius 2 is 2.11 bits per heavy atom. The van der Waals surface area contributed by atoms with Gasteiger partial charge in [0.1, 0.15) is 17.1 Å². The van der Waals surface area contributed by atoms with E-state index >= 15 is 0 Å². The molecule has 2 aromatic heterocycles. The highest BCUT2D eigenvalue weighted by atomic mass is 16.5. The number of unbranched alkanes of at least 4 members (excludes halogenated alkanes) is 2. The minimum atomic E-state index is -0.142. The minimum absolute atomic E-state index is 0.00377. The average molecular weight is 491 g/mol. The number of ether oxygens (including phenoxy) is 1. The van der Waals surface area contributed by atoms with Crippen molar-refractivity contribution in [2.75, 3.05) is 13.1 Å². The monoisotopic (exact) mass is 490 g/mol. The highest BCUT2D eigenvalue weighted by Gasteiger charge is 2.31. The number of allylic oxidation sites excluding steroid dienone is 1. The maximum Gasteiger partial charge on any atom is 0.255 e. The summed E-state index contributed by atoms with van der Waals surface area (Å²) in [5.41, 5.74) is 3.08. The van der Waals surface area contributed by atoms with Crippen molar-refractivity contribution in [1.29, 1.82) is 5.41 Å². The maximum absolute atomic E-state index is 12.9. The van der Waals surface area contributed by atoms with Gasteiger partial charge >= 0.3 is 0 Å². The molecule has 1 fully saturated rings. The predicted octanol–water partition coefficient (Wildman–Crippen LogP) is 5.60. The minimum Gasteiger partial charge on any atom is -0.460 e. The van der Waals surface area contributed by atoms with Gasteiger partial charge in [-0.2, -0.15) is 0 Å². The van der Waals surface area contributed by atoms with Gasteiger partial charge in [-0.3, -0.25) is 9.59 Å². The summed E-state index contributed by atoms with van der Waals surface area (Å²) in [4.78, 5) is 30.7. The van der Waals surface area contributed by atoms with Gasteiger partial charge in [-0.15, -0.1) is 0 Å². The van der Waals surface area contributed by atoms with Gasteiger partial charge in [-0.05, 0) is 51.3 Å². The normalized spacial score (nSPS) is 15.6. The molecule has 1 atom stereocenters. The first-order valence-electron chi connectivity index (χ1n) is 12.5. The first-order valence-corrected chi connectivity index (χ1v) is 12.5. The van der Waals surface area contributed by atoms with Crippen molar-refractivity contribution >= 4 is 34.8 Å². The fourth-order valence-electron chi connectivity index (χ4n) is 4.53. The number of aryl methyl sites for hydroxylation is 1. The molecule has 3 heterocycles. The SMILES string of the molecule is CCCCCNC(=O)c1c(C)oc2cc(O/C(=C/C=N)c3[nH]cc(C(=O)N4CCC4C)c3C)ccc12. The van der Waals surface area contributed by atoms with Gasteiger partial charge in [0.25, 0.3) is 11.8 Å². The van der Waals surface area contributed by atoms with Crippen LogP contribution in [0, 0.1) is 19.3 Å². The van der Waals surface area contributed by atoms with E-state index in [4.69, 9.17) is 14.6 Å². The number of carbonyl (C=O) groups is 2. The fraction of sp³-hybridized carbons (Fsp3) is 0.393. The third-order valence-electron chi connectivity index (χ3n) is 6.79. The van der Waals surface area contributed by atoms with E-state index in [0.29, 0.717) is 46.2 Å². The van der Waals surface area contributed by atoms with Crippen molar-refractivity contribution in [3.05, 3.63) is 58.6 Å². The molecule has 190 valence electrons. The van der Waals surface area contributed by atoms with Crippen LogP contribution < -0.4 is 10.1 Å². The average Bonchev–Trinajstić information content (AvgIpc) is 3.38. The van der Waals surface area contributed by atoms with E-state index < -0.39 is 0 Å². The van der Waals surface area contributed by atoms with Gasteiger partial charge in [0.05, 0.1) is 16.8 Å². The molecule has 0 aliphatic carbocycles. The molecule has 8 nitrogen and oxygen atoms in total. The molecule has 1 aliphatic heterocycles. The summed E-state index contributed by atoms with van der Waals surface area (Å²) in [6.07, 6.45) is 8.50. The second-order valence-corrected chi connectivity index (χ2v) is 9.29. The Hall–Kier alpha value is -3.81. The van der Waals surface area contributed by atoms with Crippen LogP contribution in [0.5, 0.6) is 5.75 Å². The van der Waals surface area contributed by atoms with Crippen molar-refractivity contribution in [1.82, 2.24) is 15.2 Å². The zero-order valence-electron chi connectivity index (χ0n) is 21.4. The summed E-state index contributed by atoms with van der Waals surface area (Å²) < 4.78 is 12.0. The van der Waals surface area contributed by atoms with Crippen molar-refractivity contribution in [3.8, 4) is 5.75 Å². The fourth-order valence-corrected chi connectivity index (χ4v) is 4.53. The summed E-state index contributed by atoms with van der Waals surface area (Å²) in [7, 11) is 0. The molecule has 36 heavy (non-hydrogen) atoms. The molecule has 1 aliphatic rings. The largest absolute Gasteiger partial charge is 0.460 e. The van der Waals surface area contributed by atoms with Gasteiger partial charge in [0.2, 0.25) is 0 Å². The number of hydrogen-bond acceptors (Lipinski definition) is 5. The van der Waals surface area contributed by atoms with Gasteiger partial charge in [-0.25, -0.2) is 0 Å². The number of H-pyrrole nitrogens is 1. The number of benzene rings is 1. The lowest BCUT2D eigenvalue weighted by Gasteiger charge is -2.38. The molecule has 8 heteroatoms. The molecule has 4 rings (SSSR count). The zero-order valence-corrected chi connectivity index (χ0v) is 21.4. The van der Waals surface area contributed by atoms with Crippen LogP contribution in [0.4, 0.5) is 0 Å². The molecule has 0 bridgehead atoms. The number of amides is 2. The molecule has 1 saturated heterocycles. The Labute approximate surface area is 211 Å². The molecule has 1 unspecified atom stereocenters. The highest BCUT2D eigenvalue weighted by molar-refractivity contribution is 6.07. The lowest BCUT2D eigenvalue weighted by atomic mass is 10.0. The smallest absolute Gasteiger partial charge is 0.255 e. The number of nitrogens with zero attached hydrogens (tertiary/aromatic N) is 1. The maximum atomic E-state index is 12.9. The highest BCUT2D eigenvalue weighted by Crippen LogP contribution is 2.32. The van der Waals surface area contributed by atoms with Crippen LogP contribution in [0.25, 0.3) is 16.7 Å². The lowest BCUT2D eigenvalue weighted by molar-refractivity contribution is 0.0501. The van der Waals surface area contributed by atoms with Crippen molar-refractivity contribution in [3.63, 3.8) is 0 Å². The number of aromatic amines is 1. The van der Waals surface area contributed by atoms with E-state index in [2.05, 4.69) is 17.2 Å². The molecule has 3 aromatic rings. The standard InChI is InChI=1S/C28H34N4O4/c1-5-6-7-13-30-27(33)25-19(4)35-24-15-20(8-9-21(24)25)36-23(10-12-29)26-18(3)22(16-31-26)28(34)32-14-11-17(32)2/h8-10,12,15-17,29,31H,5-7,11,13-14H2,1-4H3,(H,30,33)/b23-10+,29-12?. The number of carbonyl (C=O) groups excluding carboxylic acids is 2. The molecule has 1 aromatic carbocycles. The summed E-state index contributed by atoms with van der Waals surface area (Å²) >= 11 is 0. The number of aromatic nitrogens is 1. The van der Waals surface area contributed by atoms with Crippen LogP contribution in [-0.4, -0.2) is 47.0 Å². The van der Waals surface area contributed by atoms with Crippen LogP contribution in [0.15, 0.2) is 34.9 Å². The molecule has 2 amide bonds. The van der Waals surface area contributed by atoms with Gasteiger partial charge in [0.15, 0.2) is 5.76 Å². The van der Waals surface area contributed by atoms with Crippen LogP contribution >= 0.6 is 0 Å². The Morgan fingerprint density at radius 1 is 1.31 bits per heavy atom. The number of hydrogen-bond donors (Lipinski definition) is 3. The second kappa shape index (κ2) is 10.8. The first-order chi connectivity index (χ1) is 17.3. The van der Waals surface area contributed by atoms with Gasteiger partial charge in [0, 0.05) is 49.1 Å². The number of fused-ring (bicyclic) bond motifs is 1. The zero-order chi connectivity index (χ0) is 25.8. The van der Waals surface area contributed by atoms with E-state index in [0.717, 1.165) is 49.4 Å². The molecule has 3 N–H and O–H groups in total. The van der Waals surface area contributed by atoms with E-state index in [-0.39, 0.29) is 17.9 Å².